The van der Waals surface area contributed by atoms with Crippen LogP contribution in [0, 0.1) is 56.8 Å². The molecule has 5 atom stereocenters. The van der Waals surface area contributed by atoms with Gasteiger partial charge in [0.1, 0.15) is 16.9 Å². The first-order chi connectivity index (χ1) is 50.0. The Kier molecular flexibility index (Phi) is 15.5. The number of aromatic nitrogens is 3. The Labute approximate surface area is 633 Å². The summed E-state index contributed by atoms with van der Waals surface area (Å²) in [6, 6.07) is 44.6. The Morgan fingerprint density at radius 3 is 1.32 bits per heavy atom. The molecule has 11 aliphatic rings. The molecule has 6 fully saturated rings. The highest BCUT2D eigenvalue weighted by Crippen LogP contribution is 2.73. The van der Waals surface area contributed by atoms with Crippen molar-refractivity contribution in [2.75, 3.05) is 19.6 Å². The highest BCUT2D eigenvalue weighted by molar-refractivity contribution is 7.20. The average Bonchev–Trinajstić information content (AvgIpc) is 1.46. The molecule has 4 bridgehead atoms. The molecule has 0 radical (unpaired) electrons. The molecule has 0 amide bonds. The molecular weight excluding hydrogens is 1350 g/mol. The summed E-state index contributed by atoms with van der Waals surface area (Å²) in [5, 5.41) is 2.15. The first-order valence-electron chi connectivity index (χ1n) is 39.7. The maximum atomic E-state index is 6.55. The second kappa shape index (κ2) is 23.8. The molecule has 104 heavy (non-hydrogen) atoms. The molecule has 3 spiro atoms. The van der Waals surface area contributed by atoms with E-state index < -0.39 is 0 Å². The lowest BCUT2D eigenvalue weighted by molar-refractivity contribution is -0.0588. The summed E-state index contributed by atoms with van der Waals surface area (Å²) < 4.78 is 19.3. The van der Waals surface area contributed by atoms with Crippen molar-refractivity contribution >= 4 is 109 Å². The van der Waals surface area contributed by atoms with Gasteiger partial charge in [-0.1, -0.05) is 133 Å². The van der Waals surface area contributed by atoms with Crippen LogP contribution in [0.15, 0.2) is 144 Å². The molecule has 5 aliphatic heterocycles. The van der Waals surface area contributed by atoms with Crippen molar-refractivity contribution in [3.8, 4) is 0 Å². The van der Waals surface area contributed by atoms with Crippen molar-refractivity contribution in [1.82, 2.24) is 13.7 Å². The molecule has 0 saturated heterocycles. The third kappa shape index (κ3) is 8.86. The number of hydrogen-bond donors (Lipinski definition) is 0. The summed E-state index contributed by atoms with van der Waals surface area (Å²) in [7, 11) is 6.63. The van der Waals surface area contributed by atoms with Gasteiger partial charge in [-0.15, -0.1) is 45.3 Å². The Hall–Kier alpha value is -6.96. The number of para-hydroxylation sites is 4. The smallest absolute Gasteiger partial charge is 0.145 e. The van der Waals surface area contributed by atoms with E-state index in [1.54, 1.807) is 31.3 Å². The normalized spacial score (nSPS) is 27.8. The number of aryl methyl sites for hydroxylation is 7. The predicted octanol–water partition coefficient (Wildman–Crippen LogP) is 25.9. The van der Waals surface area contributed by atoms with Gasteiger partial charge in [0.25, 0.3) is 0 Å². The van der Waals surface area contributed by atoms with Gasteiger partial charge in [-0.3, -0.25) is 0 Å². The van der Waals surface area contributed by atoms with Gasteiger partial charge in [0.2, 0.25) is 0 Å². The quantitative estimate of drug-likeness (QED) is 0.176. The molecule has 4 aromatic carbocycles. The Morgan fingerprint density at radius 1 is 0.423 bits per heavy atom. The van der Waals surface area contributed by atoms with Gasteiger partial charge in [-0.25, -0.2) is 0 Å². The van der Waals surface area contributed by atoms with Crippen LogP contribution >= 0.6 is 45.3 Å². The molecule has 5 unspecified atom stereocenters. The molecule has 540 valence electrons. The van der Waals surface area contributed by atoms with Crippen LogP contribution in [0.4, 0.5) is 22.7 Å². The van der Waals surface area contributed by atoms with Crippen LogP contribution in [0.1, 0.15) is 247 Å². The van der Waals surface area contributed by atoms with E-state index in [1.165, 1.54) is 187 Å². The monoisotopic (exact) mass is 1450 g/mol. The number of benzene rings is 4. The summed E-state index contributed by atoms with van der Waals surface area (Å²) in [4.78, 5) is 16.2. The van der Waals surface area contributed by atoms with E-state index in [-0.39, 0.29) is 33.0 Å². The van der Waals surface area contributed by atoms with Crippen molar-refractivity contribution in [1.29, 1.82) is 0 Å². The highest BCUT2D eigenvalue weighted by atomic mass is 32.1. The van der Waals surface area contributed by atoms with Gasteiger partial charge in [0, 0.05) is 105 Å². The molecule has 8 nitrogen and oxygen atoms in total. The first kappa shape index (κ1) is 67.6. The van der Waals surface area contributed by atoms with Crippen LogP contribution in [0.25, 0.3) is 40.9 Å². The van der Waals surface area contributed by atoms with Gasteiger partial charge in [0.05, 0.1) is 76.1 Å². The van der Waals surface area contributed by atoms with Crippen LogP contribution in [-0.2, 0) is 48.7 Å². The van der Waals surface area contributed by atoms with E-state index in [9.17, 15) is 0 Å². The number of furan rings is 1. The molecule has 23 rings (SSSR count). The van der Waals surface area contributed by atoms with E-state index in [2.05, 4.69) is 306 Å². The van der Waals surface area contributed by atoms with Crippen LogP contribution in [0.5, 0.6) is 0 Å². The number of fused-ring (bicyclic) bond motifs is 18. The zero-order valence-electron chi connectivity index (χ0n) is 64.5. The standard InChI is InChI=1S/C26H30N2S.C23H27NOS.C22H26N2S.C21H24N2S/c1-15-6-4-5-7-21(15)28-16(2)23-24-22(8-9-27(24)3)29-25(23)26(28)19-11-17-10-18(13-19)14-20(26)12-17;1-13-9-8-10-15-18(13)24-14(2)17-19-16(11-12-26-19)25-20(17)23(24,7)22(5,6)21(15,3)4;1-15-9-5-6-10-17(15)24-16(2)19-20-18(11-14-23(20)3)25-21(19)22(24)12-7-4-8-13-22;1-14-8-4-5-9-16(14)23-15(2)18-19-17(10-13-22(19)3)24-20(18)21(23)11-6-7-12-21/h4-9,16-20H,10-14H2,1-3H3;8-12,14H,1-7H3;5-6,9-11,14,16H,4,7-8,12-13H2,1-3H3;4-5,8-10,13,15H,6-7,11-12H2,1-3H3. The van der Waals surface area contributed by atoms with E-state index in [1.807, 2.05) is 22.7 Å². The van der Waals surface area contributed by atoms with Gasteiger partial charge < -0.3 is 37.7 Å². The lowest BCUT2D eigenvalue weighted by Crippen LogP contribution is -2.62. The van der Waals surface area contributed by atoms with Gasteiger partial charge in [0.15, 0.2) is 0 Å². The maximum absolute atomic E-state index is 6.55. The number of nitrogens with zero attached hydrogens (tertiary/aromatic N) is 7. The molecule has 6 aliphatic carbocycles. The second-order valence-corrected chi connectivity index (χ2v) is 39.3. The largest absolute Gasteiger partial charge is 0.457 e. The Balaban J connectivity index is 0.0000000957. The minimum atomic E-state index is -0.177. The fourth-order valence-electron chi connectivity index (χ4n) is 24.6. The lowest BCUT2D eigenvalue weighted by Gasteiger charge is -2.63. The lowest BCUT2D eigenvalue weighted by atomic mass is 9.48. The van der Waals surface area contributed by atoms with Crippen LogP contribution in [0.3, 0.4) is 0 Å². The fraction of sp³-hybridized carbons (Fsp3) is 0.478. The Morgan fingerprint density at radius 2 is 0.837 bits per heavy atom. The van der Waals surface area contributed by atoms with Crippen molar-refractivity contribution in [3.63, 3.8) is 0 Å². The molecular formula is C92H107N7OS4. The minimum absolute atomic E-state index is 0.000273. The van der Waals surface area contributed by atoms with Crippen molar-refractivity contribution in [3.05, 3.63) is 210 Å². The molecule has 6 saturated carbocycles. The summed E-state index contributed by atoms with van der Waals surface area (Å²) in [5.74, 6) is 4.83. The van der Waals surface area contributed by atoms with E-state index in [0.717, 1.165) is 29.3 Å². The van der Waals surface area contributed by atoms with Gasteiger partial charge in [-0.2, -0.15) is 0 Å². The minimum Gasteiger partial charge on any atom is -0.457 e. The van der Waals surface area contributed by atoms with E-state index in [0.29, 0.717) is 24.2 Å². The zero-order valence-corrected chi connectivity index (χ0v) is 67.7. The average molecular weight is 1460 g/mol. The van der Waals surface area contributed by atoms with Crippen molar-refractivity contribution in [2.24, 2.45) is 50.2 Å². The highest BCUT2D eigenvalue weighted by Gasteiger charge is 2.68. The van der Waals surface area contributed by atoms with Crippen molar-refractivity contribution < 1.29 is 4.42 Å². The van der Waals surface area contributed by atoms with Crippen LogP contribution in [0.2, 0.25) is 0 Å². The second-order valence-electron chi connectivity index (χ2n) is 35.2. The molecule has 12 heteroatoms. The Bertz CT molecular complexity index is 5350. The van der Waals surface area contributed by atoms with E-state index >= 15 is 0 Å². The van der Waals surface area contributed by atoms with Gasteiger partial charge >= 0.3 is 0 Å². The first-order valence-corrected chi connectivity index (χ1v) is 43.0. The summed E-state index contributed by atoms with van der Waals surface area (Å²) >= 11 is 8.05. The molecule has 12 aromatic rings. The predicted molar refractivity (Wildman–Crippen MR) is 443 cm³/mol. The SMILES string of the molecule is Cc1cccc2c1N1C(C)c3c(oc4ccsc34)C1(C)C(C)(C)C2(C)C.Cc1ccccc1N1C(C)c2c(sc3ccn(C)c23)C12C1CC3CC(C1)CC2C3.Cc1ccccc1N1C(C)c2c(sc3ccn(C)c23)C12CCCC2.Cc1ccccc1N1C(C)c2c(sc3ccn(C)c23)C12CCCCC2. The molecule has 8 aromatic heterocycles. The topological polar surface area (TPSA) is 40.9 Å². The summed E-state index contributed by atoms with van der Waals surface area (Å²) in [5.41, 5.74) is 25.0. The van der Waals surface area contributed by atoms with E-state index in [4.69, 9.17) is 4.42 Å². The van der Waals surface area contributed by atoms with Crippen LogP contribution < -0.4 is 19.6 Å². The van der Waals surface area contributed by atoms with Crippen molar-refractivity contribution in [2.45, 2.75) is 232 Å². The number of rotatable bonds is 3. The molecule has 0 N–H and O–H groups in total. The molecule has 13 heterocycles. The number of thiophene rings is 4. The summed E-state index contributed by atoms with van der Waals surface area (Å²) in [6.07, 6.45) is 26.0. The number of hydrogen-bond acceptors (Lipinski definition) is 9. The zero-order chi connectivity index (χ0) is 71.8. The number of anilines is 4. The van der Waals surface area contributed by atoms with Gasteiger partial charge in [-0.05, 0) is 225 Å². The summed E-state index contributed by atoms with van der Waals surface area (Å²) in [6.45, 7) is 30.8. The third-order valence-corrected chi connectivity index (χ3v) is 34.7. The fourth-order valence-corrected chi connectivity index (χ4v) is 30.4. The third-order valence-electron chi connectivity index (χ3n) is 29.8. The van der Waals surface area contributed by atoms with Crippen LogP contribution in [-0.4, -0.2) is 13.7 Å². The maximum Gasteiger partial charge on any atom is 0.145 e.